The van der Waals surface area contributed by atoms with Crippen molar-refractivity contribution in [2.75, 3.05) is 20.8 Å². The third kappa shape index (κ3) is 6.84. The van der Waals surface area contributed by atoms with Crippen molar-refractivity contribution in [1.82, 2.24) is 10.2 Å². The van der Waals surface area contributed by atoms with Crippen molar-refractivity contribution < 1.29 is 19.1 Å². The van der Waals surface area contributed by atoms with Gasteiger partial charge in [0, 0.05) is 20.0 Å². The number of carbonyl (C=O) groups excluding carboxylic acids is 2. The third-order valence-electron chi connectivity index (χ3n) is 5.41. The molecule has 0 aliphatic rings. The molecule has 0 aliphatic carbocycles. The van der Waals surface area contributed by atoms with Gasteiger partial charge in [-0.1, -0.05) is 60.2 Å². The topological polar surface area (TPSA) is 67.9 Å². The van der Waals surface area contributed by atoms with Gasteiger partial charge in [-0.2, -0.15) is 0 Å². The molecular weight excluding hydrogens is 416 g/mol. The summed E-state index contributed by atoms with van der Waals surface area (Å²) in [7, 11) is 3.18. The van der Waals surface area contributed by atoms with E-state index < -0.39 is 6.04 Å². The Morgan fingerprint density at radius 3 is 2.12 bits per heavy atom. The minimum atomic E-state index is -0.675. The predicted molar refractivity (Wildman–Crippen MR) is 128 cm³/mol. The summed E-state index contributed by atoms with van der Waals surface area (Å²) in [5, 5.41) is 2.71. The molecule has 0 saturated carbocycles. The van der Waals surface area contributed by atoms with Crippen LogP contribution in [0.4, 0.5) is 0 Å². The van der Waals surface area contributed by atoms with Crippen LogP contribution in [0, 0.1) is 6.92 Å². The minimum absolute atomic E-state index is 0.180. The highest BCUT2D eigenvalue weighted by molar-refractivity contribution is 5.88. The van der Waals surface area contributed by atoms with Crippen molar-refractivity contribution in [3.8, 4) is 11.5 Å². The van der Waals surface area contributed by atoms with Gasteiger partial charge in [0.25, 0.3) is 5.91 Å². The van der Waals surface area contributed by atoms with Crippen molar-refractivity contribution in [3.63, 3.8) is 0 Å². The highest BCUT2D eigenvalue weighted by Crippen LogP contribution is 2.19. The largest absolute Gasteiger partial charge is 0.497 e. The number of amides is 2. The first kappa shape index (κ1) is 23.9. The lowest BCUT2D eigenvalue weighted by atomic mass is 10.0. The molecule has 1 atom stereocenters. The summed E-state index contributed by atoms with van der Waals surface area (Å²) >= 11 is 0. The van der Waals surface area contributed by atoms with Crippen molar-refractivity contribution >= 4 is 11.8 Å². The Labute approximate surface area is 195 Å². The van der Waals surface area contributed by atoms with Crippen LogP contribution in [0.25, 0.3) is 0 Å². The zero-order chi connectivity index (χ0) is 23.6. The lowest BCUT2D eigenvalue weighted by Gasteiger charge is -2.31. The second kappa shape index (κ2) is 11.7. The summed E-state index contributed by atoms with van der Waals surface area (Å²) in [5.74, 6) is 0.774. The van der Waals surface area contributed by atoms with Gasteiger partial charge < -0.3 is 19.7 Å². The van der Waals surface area contributed by atoms with Crippen LogP contribution in [0.2, 0.25) is 0 Å². The van der Waals surface area contributed by atoms with E-state index in [1.807, 2.05) is 61.5 Å². The Bertz CT molecular complexity index is 1030. The third-order valence-corrected chi connectivity index (χ3v) is 5.41. The first-order valence-corrected chi connectivity index (χ1v) is 10.9. The van der Waals surface area contributed by atoms with Crippen LogP contribution in [-0.2, 0) is 22.6 Å². The molecule has 1 N–H and O–H groups in total. The number of benzene rings is 3. The number of methoxy groups -OCH3 is 1. The first-order valence-electron chi connectivity index (χ1n) is 10.9. The Balaban J connectivity index is 1.84. The van der Waals surface area contributed by atoms with Crippen LogP contribution in [0.15, 0.2) is 78.9 Å². The molecule has 3 aromatic rings. The molecule has 2 amide bonds. The summed E-state index contributed by atoms with van der Waals surface area (Å²) in [6, 6.07) is 24.0. The summed E-state index contributed by atoms with van der Waals surface area (Å²) < 4.78 is 10.9. The van der Waals surface area contributed by atoms with Gasteiger partial charge in [-0.15, -0.1) is 0 Å². The number of ether oxygens (including phenoxy) is 2. The molecule has 3 aromatic carbocycles. The van der Waals surface area contributed by atoms with Gasteiger partial charge in [0.05, 0.1) is 7.11 Å². The van der Waals surface area contributed by atoms with E-state index in [1.54, 1.807) is 43.3 Å². The summed E-state index contributed by atoms with van der Waals surface area (Å²) in [5.41, 5.74) is 3.05. The van der Waals surface area contributed by atoms with E-state index in [0.29, 0.717) is 24.5 Å². The molecule has 0 unspecified atom stereocenters. The van der Waals surface area contributed by atoms with Crippen LogP contribution >= 0.6 is 0 Å². The standard InChI is InChI=1S/C27H30N2O4/c1-20-9-11-22(12-10-20)18-29(25(27(31)28-2)17-21-7-5-4-6-8-21)26(30)19-33-24-15-13-23(32-3)14-16-24/h4-16,25H,17-19H2,1-3H3,(H,28,31)/t25-/m0/s1. The molecule has 0 bridgehead atoms. The van der Waals surface area contributed by atoms with Crippen molar-refractivity contribution in [2.45, 2.75) is 25.9 Å². The predicted octanol–water partition coefficient (Wildman–Crippen LogP) is 3.77. The molecule has 0 spiro atoms. The van der Waals surface area contributed by atoms with Gasteiger partial charge in [0.15, 0.2) is 6.61 Å². The molecule has 3 rings (SSSR count). The second-order valence-electron chi connectivity index (χ2n) is 7.79. The second-order valence-corrected chi connectivity index (χ2v) is 7.79. The molecule has 0 radical (unpaired) electrons. The van der Waals surface area contributed by atoms with Gasteiger partial charge in [0.2, 0.25) is 5.91 Å². The van der Waals surface area contributed by atoms with Crippen LogP contribution in [-0.4, -0.2) is 43.5 Å². The smallest absolute Gasteiger partial charge is 0.261 e. The normalized spacial score (nSPS) is 11.4. The number of hydrogen-bond acceptors (Lipinski definition) is 4. The number of nitrogens with one attached hydrogen (secondary N) is 1. The lowest BCUT2D eigenvalue weighted by molar-refractivity contribution is -0.142. The number of nitrogens with zero attached hydrogens (tertiary/aromatic N) is 1. The van der Waals surface area contributed by atoms with E-state index in [-0.39, 0.29) is 18.4 Å². The fourth-order valence-corrected chi connectivity index (χ4v) is 3.51. The number of rotatable bonds is 10. The summed E-state index contributed by atoms with van der Waals surface area (Å²) in [6.45, 7) is 2.13. The quantitative estimate of drug-likeness (QED) is 0.515. The van der Waals surface area contributed by atoms with Crippen molar-refractivity contribution in [1.29, 1.82) is 0 Å². The molecule has 0 aliphatic heterocycles. The Morgan fingerprint density at radius 2 is 1.52 bits per heavy atom. The number of likely N-dealkylation sites (N-methyl/N-ethyl adjacent to an activating group) is 1. The van der Waals surface area contributed by atoms with E-state index in [2.05, 4.69) is 5.32 Å². The average Bonchev–Trinajstić information content (AvgIpc) is 2.86. The zero-order valence-electron chi connectivity index (χ0n) is 19.3. The van der Waals surface area contributed by atoms with Crippen LogP contribution in [0.5, 0.6) is 11.5 Å². The van der Waals surface area contributed by atoms with E-state index in [9.17, 15) is 9.59 Å². The van der Waals surface area contributed by atoms with E-state index in [0.717, 1.165) is 16.7 Å². The number of hydrogen-bond donors (Lipinski definition) is 1. The van der Waals surface area contributed by atoms with Gasteiger partial charge in [0.1, 0.15) is 17.5 Å². The average molecular weight is 447 g/mol. The van der Waals surface area contributed by atoms with Gasteiger partial charge >= 0.3 is 0 Å². The van der Waals surface area contributed by atoms with Crippen molar-refractivity contribution in [3.05, 3.63) is 95.6 Å². The van der Waals surface area contributed by atoms with Crippen LogP contribution in [0.3, 0.4) is 0 Å². The highest BCUT2D eigenvalue weighted by Gasteiger charge is 2.30. The highest BCUT2D eigenvalue weighted by atomic mass is 16.5. The number of carbonyl (C=O) groups is 2. The molecule has 0 aromatic heterocycles. The lowest BCUT2D eigenvalue weighted by Crippen LogP contribution is -2.51. The fourth-order valence-electron chi connectivity index (χ4n) is 3.51. The van der Waals surface area contributed by atoms with Gasteiger partial charge in [-0.05, 0) is 42.3 Å². The molecule has 172 valence electrons. The Hall–Kier alpha value is -3.80. The summed E-state index contributed by atoms with van der Waals surface area (Å²) in [4.78, 5) is 27.8. The Kier molecular flexibility index (Phi) is 8.47. The minimum Gasteiger partial charge on any atom is -0.497 e. The molecule has 33 heavy (non-hydrogen) atoms. The van der Waals surface area contributed by atoms with Crippen LogP contribution in [0.1, 0.15) is 16.7 Å². The molecule has 6 nitrogen and oxygen atoms in total. The van der Waals surface area contributed by atoms with Gasteiger partial charge in [-0.3, -0.25) is 9.59 Å². The fraction of sp³-hybridized carbons (Fsp3) is 0.259. The Morgan fingerprint density at radius 1 is 0.879 bits per heavy atom. The molecule has 0 fully saturated rings. The van der Waals surface area contributed by atoms with E-state index in [4.69, 9.17) is 9.47 Å². The number of aryl methyl sites for hydroxylation is 1. The SMILES string of the molecule is CNC(=O)[C@H](Cc1ccccc1)N(Cc1ccc(C)cc1)C(=O)COc1ccc(OC)cc1. The maximum atomic E-state index is 13.4. The molecule has 0 heterocycles. The maximum absolute atomic E-state index is 13.4. The first-order chi connectivity index (χ1) is 16.0. The molecular formula is C27H30N2O4. The van der Waals surface area contributed by atoms with Crippen molar-refractivity contribution in [2.24, 2.45) is 0 Å². The van der Waals surface area contributed by atoms with E-state index >= 15 is 0 Å². The zero-order valence-corrected chi connectivity index (χ0v) is 19.3. The molecule has 6 heteroatoms. The molecule has 0 saturated heterocycles. The maximum Gasteiger partial charge on any atom is 0.261 e. The van der Waals surface area contributed by atoms with Crippen LogP contribution < -0.4 is 14.8 Å². The summed E-state index contributed by atoms with van der Waals surface area (Å²) in [6.07, 6.45) is 0.403. The van der Waals surface area contributed by atoms with E-state index in [1.165, 1.54) is 0 Å². The monoisotopic (exact) mass is 446 g/mol. The van der Waals surface area contributed by atoms with Gasteiger partial charge in [-0.25, -0.2) is 0 Å².